The van der Waals surface area contributed by atoms with E-state index in [9.17, 15) is 0 Å². The van der Waals surface area contributed by atoms with Crippen molar-refractivity contribution in [1.29, 1.82) is 0 Å². The van der Waals surface area contributed by atoms with Crippen LogP contribution < -0.4 is 0 Å². The molecule has 2 heterocycles. The van der Waals surface area contributed by atoms with Crippen LogP contribution in [0.25, 0.3) is 15.7 Å². The molecule has 0 saturated heterocycles. The van der Waals surface area contributed by atoms with Crippen molar-refractivity contribution < 1.29 is 0 Å². The zero-order chi connectivity index (χ0) is 8.84. The molecule has 0 radical (unpaired) electrons. The Balaban J connectivity index is 2.66. The molecule has 0 N–H and O–H groups in total. The van der Waals surface area contributed by atoms with E-state index in [-0.39, 0.29) is 0 Å². The molecule has 1 aromatic carbocycles. The first-order valence-corrected chi connectivity index (χ1v) is 5.18. The van der Waals surface area contributed by atoms with Crippen molar-refractivity contribution in [2.75, 3.05) is 0 Å². The van der Waals surface area contributed by atoms with Crippen molar-refractivity contribution >= 4 is 27.1 Å². The maximum Gasteiger partial charge on any atom is 0.100 e. The van der Waals surface area contributed by atoms with Crippen molar-refractivity contribution in [3.8, 4) is 0 Å². The number of hydrogen-bond donors (Lipinski definition) is 0. The van der Waals surface area contributed by atoms with Crippen LogP contribution in [0.2, 0.25) is 0 Å². The summed E-state index contributed by atoms with van der Waals surface area (Å²) in [5.41, 5.74) is 2.64. The number of para-hydroxylation sites is 1. The largest absolute Gasteiger partial charge is 0.305 e. The van der Waals surface area contributed by atoms with Crippen LogP contribution in [0.3, 0.4) is 0 Å². The molecular formula is C11H9NS. The van der Waals surface area contributed by atoms with Gasteiger partial charge in [-0.15, -0.1) is 11.3 Å². The van der Waals surface area contributed by atoms with Crippen LogP contribution in [-0.4, -0.2) is 4.40 Å². The molecule has 0 atom stereocenters. The van der Waals surface area contributed by atoms with Crippen LogP contribution in [0.5, 0.6) is 0 Å². The predicted octanol–water partition coefficient (Wildman–Crippen LogP) is 3.46. The summed E-state index contributed by atoms with van der Waals surface area (Å²) >= 11 is 1.80. The zero-order valence-corrected chi connectivity index (χ0v) is 8.14. The van der Waals surface area contributed by atoms with Crippen molar-refractivity contribution in [3.63, 3.8) is 0 Å². The van der Waals surface area contributed by atoms with E-state index in [4.69, 9.17) is 0 Å². The maximum absolute atomic E-state index is 2.31. The van der Waals surface area contributed by atoms with Gasteiger partial charge in [0.2, 0.25) is 0 Å². The first-order chi connectivity index (χ1) is 6.36. The molecule has 0 aliphatic heterocycles. The highest BCUT2D eigenvalue weighted by molar-refractivity contribution is 7.15. The summed E-state index contributed by atoms with van der Waals surface area (Å²) in [6.45, 7) is 2.15. The highest BCUT2D eigenvalue weighted by Crippen LogP contribution is 2.25. The normalized spacial score (nSPS) is 11.5. The van der Waals surface area contributed by atoms with E-state index >= 15 is 0 Å². The summed E-state index contributed by atoms with van der Waals surface area (Å²) in [6, 6.07) is 10.7. The topological polar surface area (TPSA) is 4.41 Å². The lowest BCUT2D eigenvalue weighted by Gasteiger charge is -1.93. The predicted molar refractivity (Wildman–Crippen MR) is 57.5 cm³/mol. The van der Waals surface area contributed by atoms with E-state index in [1.54, 1.807) is 11.3 Å². The molecule has 2 aromatic heterocycles. The lowest BCUT2D eigenvalue weighted by molar-refractivity contribution is 1.18. The monoisotopic (exact) mass is 187 g/mol. The number of rotatable bonds is 0. The van der Waals surface area contributed by atoms with Gasteiger partial charge in [0, 0.05) is 16.5 Å². The smallest absolute Gasteiger partial charge is 0.100 e. The molecule has 0 amide bonds. The highest BCUT2D eigenvalue weighted by atomic mass is 32.1. The summed E-state index contributed by atoms with van der Waals surface area (Å²) in [6.07, 6.45) is 0. The lowest BCUT2D eigenvalue weighted by Crippen LogP contribution is -1.81. The number of nitrogens with zero attached hydrogens (tertiary/aromatic N) is 1. The van der Waals surface area contributed by atoms with Gasteiger partial charge in [0.25, 0.3) is 0 Å². The molecule has 2 heteroatoms. The number of aryl methyl sites for hydroxylation is 1. The quantitative estimate of drug-likeness (QED) is 0.507. The third kappa shape index (κ3) is 0.864. The van der Waals surface area contributed by atoms with Gasteiger partial charge >= 0.3 is 0 Å². The molecule has 64 valence electrons. The van der Waals surface area contributed by atoms with Gasteiger partial charge in [0.1, 0.15) is 4.83 Å². The molecule has 13 heavy (non-hydrogen) atoms. The van der Waals surface area contributed by atoms with E-state index in [2.05, 4.69) is 47.0 Å². The standard InChI is InChI=1S/C11H9NS/c1-8-7-13-11-6-9-4-2-3-5-10(9)12(8)11/h2-7H,1H3. The van der Waals surface area contributed by atoms with Crippen LogP contribution in [-0.2, 0) is 0 Å². The van der Waals surface area contributed by atoms with E-state index < -0.39 is 0 Å². The summed E-state index contributed by atoms with van der Waals surface area (Å²) in [5.74, 6) is 0. The molecule has 0 unspecified atom stereocenters. The summed E-state index contributed by atoms with van der Waals surface area (Å²) in [7, 11) is 0. The Hall–Kier alpha value is -1.28. The van der Waals surface area contributed by atoms with E-state index in [1.165, 1.54) is 21.4 Å². The Bertz CT molecular complexity index is 574. The number of fused-ring (bicyclic) bond motifs is 3. The number of hydrogen-bond acceptors (Lipinski definition) is 1. The van der Waals surface area contributed by atoms with E-state index in [0.717, 1.165) is 0 Å². The molecular weight excluding hydrogens is 178 g/mol. The SMILES string of the molecule is Cc1csc2cc3ccccc3n12. The van der Waals surface area contributed by atoms with Crippen LogP contribution in [0.4, 0.5) is 0 Å². The van der Waals surface area contributed by atoms with E-state index in [1.807, 2.05) is 0 Å². The first kappa shape index (κ1) is 7.15. The lowest BCUT2D eigenvalue weighted by atomic mass is 10.2. The molecule has 0 aliphatic rings. The minimum absolute atomic E-state index is 1.32. The summed E-state index contributed by atoms with van der Waals surface area (Å²) < 4.78 is 2.31. The van der Waals surface area contributed by atoms with Crippen LogP contribution in [0, 0.1) is 6.92 Å². The Morgan fingerprint density at radius 1 is 1.23 bits per heavy atom. The average molecular weight is 187 g/mol. The third-order valence-electron chi connectivity index (χ3n) is 2.38. The number of aromatic nitrogens is 1. The van der Waals surface area contributed by atoms with Gasteiger partial charge in [-0.2, -0.15) is 0 Å². The second kappa shape index (κ2) is 2.36. The number of thiazole rings is 1. The van der Waals surface area contributed by atoms with Gasteiger partial charge in [-0.05, 0) is 19.1 Å². The molecule has 0 aliphatic carbocycles. The van der Waals surface area contributed by atoms with Gasteiger partial charge in [0.05, 0.1) is 5.52 Å². The van der Waals surface area contributed by atoms with Gasteiger partial charge in [-0.3, -0.25) is 0 Å². The molecule has 0 saturated carbocycles. The fraction of sp³-hybridized carbons (Fsp3) is 0.0909. The minimum Gasteiger partial charge on any atom is -0.305 e. The van der Waals surface area contributed by atoms with Crippen molar-refractivity contribution in [1.82, 2.24) is 4.40 Å². The van der Waals surface area contributed by atoms with Crippen molar-refractivity contribution in [3.05, 3.63) is 41.4 Å². The Morgan fingerprint density at radius 2 is 2.08 bits per heavy atom. The third-order valence-corrected chi connectivity index (χ3v) is 3.38. The minimum atomic E-state index is 1.32. The molecule has 0 fully saturated rings. The molecule has 1 nitrogen and oxygen atoms in total. The zero-order valence-electron chi connectivity index (χ0n) is 7.32. The Labute approximate surface area is 80.2 Å². The van der Waals surface area contributed by atoms with Gasteiger partial charge in [-0.25, -0.2) is 0 Å². The first-order valence-electron chi connectivity index (χ1n) is 4.30. The van der Waals surface area contributed by atoms with Crippen molar-refractivity contribution in [2.45, 2.75) is 6.92 Å². The maximum atomic E-state index is 2.31. The second-order valence-corrected chi connectivity index (χ2v) is 4.14. The van der Waals surface area contributed by atoms with Gasteiger partial charge in [-0.1, -0.05) is 18.2 Å². The van der Waals surface area contributed by atoms with E-state index in [0.29, 0.717) is 0 Å². The molecule has 3 rings (SSSR count). The van der Waals surface area contributed by atoms with Gasteiger partial charge < -0.3 is 4.40 Å². The van der Waals surface area contributed by atoms with Crippen LogP contribution in [0.1, 0.15) is 5.69 Å². The Kier molecular flexibility index (Phi) is 1.30. The summed E-state index contributed by atoms with van der Waals surface area (Å²) in [4.78, 5) is 1.33. The molecule has 0 bridgehead atoms. The molecule has 3 aromatic rings. The van der Waals surface area contributed by atoms with Crippen LogP contribution in [0.15, 0.2) is 35.7 Å². The fourth-order valence-electron chi connectivity index (χ4n) is 1.78. The second-order valence-electron chi connectivity index (χ2n) is 3.25. The average Bonchev–Trinajstić information content (AvgIpc) is 2.66. The van der Waals surface area contributed by atoms with Crippen LogP contribution >= 0.6 is 11.3 Å². The fourth-order valence-corrected chi connectivity index (χ4v) is 2.72. The number of benzene rings is 1. The van der Waals surface area contributed by atoms with Gasteiger partial charge in [0.15, 0.2) is 0 Å². The highest BCUT2D eigenvalue weighted by Gasteiger charge is 2.04. The summed E-state index contributed by atoms with van der Waals surface area (Å²) in [5, 5.41) is 3.53. The Morgan fingerprint density at radius 3 is 3.00 bits per heavy atom. The molecule has 0 spiro atoms. The van der Waals surface area contributed by atoms with Crippen molar-refractivity contribution in [2.24, 2.45) is 0 Å².